The molecule has 1 aromatic rings. The van der Waals surface area contributed by atoms with Gasteiger partial charge in [-0.2, -0.15) is 0 Å². The lowest BCUT2D eigenvalue weighted by Crippen LogP contribution is -2.31. The largest absolute Gasteiger partial charge is 0.305 e. The summed E-state index contributed by atoms with van der Waals surface area (Å²) in [4.78, 5) is 14.1. The quantitative estimate of drug-likeness (QED) is 0.757. The van der Waals surface area contributed by atoms with E-state index in [1.54, 1.807) is 19.1 Å². The number of carbonyl (C=O) groups is 1. The zero-order chi connectivity index (χ0) is 14.6. The number of benzene rings is 1. The van der Waals surface area contributed by atoms with E-state index in [0.717, 1.165) is 6.54 Å². The van der Waals surface area contributed by atoms with Crippen molar-refractivity contribution in [3.05, 3.63) is 35.1 Å². The van der Waals surface area contributed by atoms with Gasteiger partial charge in [0.05, 0.1) is 0 Å². The van der Waals surface area contributed by atoms with E-state index in [1.807, 2.05) is 7.05 Å². The second-order valence-corrected chi connectivity index (χ2v) is 6.44. The van der Waals surface area contributed by atoms with Crippen molar-refractivity contribution in [2.24, 2.45) is 5.41 Å². The zero-order valence-corrected chi connectivity index (χ0v) is 12.6. The molecule has 0 aliphatic heterocycles. The Hall–Kier alpha value is -1.22. The van der Waals surface area contributed by atoms with Gasteiger partial charge in [-0.05, 0) is 31.0 Å². The van der Waals surface area contributed by atoms with Gasteiger partial charge < -0.3 is 4.90 Å². The van der Waals surface area contributed by atoms with Crippen LogP contribution in [0.2, 0.25) is 0 Å². The third kappa shape index (κ3) is 5.52. The highest BCUT2D eigenvalue weighted by molar-refractivity contribution is 5.96. The van der Waals surface area contributed by atoms with Crippen molar-refractivity contribution < 1.29 is 9.18 Å². The second kappa shape index (κ2) is 6.29. The standard InChI is InChI=1S/C16H24FNO/c1-12-6-7-13(10-14(12)17)15(19)8-9-18(5)11-16(2,3)4/h6-7,10H,8-9,11H2,1-5H3. The molecule has 0 aliphatic rings. The number of Topliss-reactive ketones (excluding diaryl/α,β-unsaturated/α-hetero) is 1. The number of halogens is 1. The average Bonchev–Trinajstić information content (AvgIpc) is 2.27. The first-order chi connectivity index (χ1) is 8.69. The van der Waals surface area contributed by atoms with E-state index < -0.39 is 0 Å². The molecule has 106 valence electrons. The van der Waals surface area contributed by atoms with Crippen LogP contribution >= 0.6 is 0 Å². The second-order valence-electron chi connectivity index (χ2n) is 6.44. The van der Waals surface area contributed by atoms with Crippen molar-refractivity contribution in [3.8, 4) is 0 Å². The van der Waals surface area contributed by atoms with E-state index in [4.69, 9.17) is 0 Å². The Morgan fingerprint density at radius 2 is 1.95 bits per heavy atom. The fourth-order valence-corrected chi connectivity index (χ4v) is 2.09. The van der Waals surface area contributed by atoms with Crippen molar-refractivity contribution in [2.75, 3.05) is 20.1 Å². The molecule has 0 bridgehead atoms. The summed E-state index contributed by atoms with van der Waals surface area (Å²) >= 11 is 0. The molecule has 19 heavy (non-hydrogen) atoms. The summed E-state index contributed by atoms with van der Waals surface area (Å²) in [7, 11) is 2.01. The van der Waals surface area contributed by atoms with Crippen molar-refractivity contribution >= 4 is 5.78 Å². The Morgan fingerprint density at radius 3 is 2.47 bits per heavy atom. The Labute approximate surface area is 115 Å². The number of carbonyl (C=O) groups excluding carboxylic acids is 1. The van der Waals surface area contributed by atoms with Crippen LogP contribution in [0.1, 0.15) is 43.1 Å². The molecule has 0 N–H and O–H groups in total. The van der Waals surface area contributed by atoms with Gasteiger partial charge in [-0.15, -0.1) is 0 Å². The minimum absolute atomic E-state index is 0.000316. The summed E-state index contributed by atoms with van der Waals surface area (Å²) in [5.74, 6) is -0.312. The molecule has 0 aromatic heterocycles. The van der Waals surface area contributed by atoms with Crippen LogP contribution in [0.25, 0.3) is 0 Å². The first kappa shape index (κ1) is 15.8. The predicted octanol–water partition coefficient (Wildman–Crippen LogP) is 3.68. The molecule has 0 saturated heterocycles. The van der Waals surface area contributed by atoms with Crippen LogP contribution in [0.3, 0.4) is 0 Å². The van der Waals surface area contributed by atoms with Gasteiger partial charge in [-0.3, -0.25) is 4.79 Å². The molecule has 0 fully saturated rings. The van der Waals surface area contributed by atoms with Crippen molar-refractivity contribution in [2.45, 2.75) is 34.1 Å². The van der Waals surface area contributed by atoms with Gasteiger partial charge in [-0.25, -0.2) is 4.39 Å². The molecule has 0 aliphatic carbocycles. The Kier molecular flexibility index (Phi) is 5.24. The van der Waals surface area contributed by atoms with Crippen LogP contribution in [0.4, 0.5) is 4.39 Å². The number of rotatable bonds is 5. The number of hydrogen-bond acceptors (Lipinski definition) is 2. The first-order valence-electron chi connectivity index (χ1n) is 6.67. The molecule has 0 radical (unpaired) electrons. The lowest BCUT2D eigenvalue weighted by Gasteiger charge is -2.26. The van der Waals surface area contributed by atoms with Crippen LogP contribution in [0.15, 0.2) is 18.2 Å². The van der Waals surface area contributed by atoms with Crippen molar-refractivity contribution in [1.82, 2.24) is 4.90 Å². The molecular weight excluding hydrogens is 241 g/mol. The lowest BCUT2D eigenvalue weighted by molar-refractivity contribution is 0.0961. The van der Waals surface area contributed by atoms with Gasteiger partial charge in [0.25, 0.3) is 0 Å². The number of ketones is 1. The molecule has 1 aromatic carbocycles. The smallest absolute Gasteiger partial charge is 0.164 e. The van der Waals surface area contributed by atoms with Crippen LogP contribution in [-0.4, -0.2) is 30.8 Å². The molecule has 0 atom stereocenters. The maximum atomic E-state index is 13.4. The van der Waals surface area contributed by atoms with Gasteiger partial charge in [0.1, 0.15) is 5.82 Å². The Morgan fingerprint density at radius 1 is 1.32 bits per heavy atom. The molecule has 0 amide bonds. The summed E-state index contributed by atoms with van der Waals surface area (Å²) in [6.45, 7) is 9.83. The Balaban J connectivity index is 2.53. The van der Waals surface area contributed by atoms with Crippen LogP contribution < -0.4 is 0 Å². The van der Waals surface area contributed by atoms with Crippen LogP contribution in [0, 0.1) is 18.2 Å². The maximum Gasteiger partial charge on any atom is 0.164 e. The van der Waals surface area contributed by atoms with E-state index in [2.05, 4.69) is 25.7 Å². The minimum Gasteiger partial charge on any atom is -0.305 e. The van der Waals surface area contributed by atoms with E-state index in [1.165, 1.54) is 6.07 Å². The number of nitrogens with zero attached hydrogens (tertiary/aromatic N) is 1. The van der Waals surface area contributed by atoms with Gasteiger partial charge in [0, 0.05) is 25.1 Å². The minimum atomic E-state index is -0.311. The van der Waals surface area contributed by atoms with Gasteiger partial charge in [-0.1, -0.05) is 32.9 Å². The molecule has 2 nitrogen and oxygen atoms in total. The monoisotopic (exact) mass is 265 g/mol. The summed E-state index contributed by atoms with van der Waals surface area (Å²) in [6, 6.07) is 4.69. The normalized spacial score (nSPS) is 11.9. The summed E-state index contributed by atoms with van der Waals surface area (Å²) in [5, 5.41) is 0. The fourth-order valence-electron chi connectivity index (χ4n) is 2.09. The molecule has 0 spiro atoms. The number of aryl methyl sites for hydroxylation is 1. The molecule has 1 rings (SSSR count). The highest BCUT2D eigenvalue weighted by atomic mass is 19.1. The topological polar surface area (TPSA) is 20.3 Å². The third-order valence-electron chi connectivity index (χ3n) is 2.96. The summed E-state index contributed by atoms with van der Waals surface area (Å²) < 4.78 is 13.4. The highest BCUT2D eigenvalue weighted by Gasteiger charge is 2.15. The molecule has 0 saturated carbocycles. The molecule has 0 unspecified atom stereocenters. The molecular formula is C16H24FNO. The van der Waals surface area contributed by atoms with Crippen LogP contribution in [0.5, 0.6) is 0 Å². The van der Waals surface area contributed by atoms with Gasteiger partial charge in [0.2, 0.25) is 0 Å². The summed E-state index contributed by atoms with van der Waals surface area (Å²) in [6.07, 6.45) is 0.426. The van der Waals surface area contributed by atoms with Crippen LogP contribution in [-0.2, 0) is 0 Å². The highest BCUT2D eigenvalue weighted by Crippen LogP contribution is 2.15. The number of hydrogen-bond donors (Lipinski definition) is 0. The van der Waals surface area contributed by atoms with Gasteiger partial charge >= 0.3 is 0 Å². The predicted molar refractivity (Wildman–Crippen MR) is 77.0 cm³/mol. The van der Waals surface area contributed by atoms with E-state index in [-0.39, 0.29) is 17.0 Å². The van der Waals surface area contributed by atoms with E-state index in [0.29, 0.717) is 24.1 Å². The molecule has 3 heteroatoms. The zero-order valence-electron chi connectivity index (χ0n) is 12.6. The third-order valence-corrected chi connectivity index (χ3v) is 2.96. The fraction of sp³-hybridized carbons (Fsp3) is 0.562. The maximum absolute atomic E-state index is 13.4. The summed E-state index contributed by atoms with van der Waals surface area (Å²) in [5.41, 5.74) is 1.25. The van der Waals surface area contributed by atoms with Crippen molar-refractivity contribution in [3.63, 3.8) is 0 Å². The first-order valence-corrected chi connectivity index (χ1v) is 6.67. The average molecular weight is 265 g/mol. The van der Waals surface area contributed by atoms with Gasteiger partial charge in [0.15, 0.2) is 5.78 Å². The molecule has 0 heterocycles. The Bertz CT molecular complexity index is 449. The SMILES string of the molecule is Cc1ccc(C(=O)CCN(C)CC(C)(C)C)cc1F. The van der Waals surface area contributed by atoms with Crippen molar-refractivity contribution in [1.29, 1.82) is 0 Å². The van der Waals surface area contributed by atoms with E-state index in [9.17, 15) is 9.18 Å². The van der Waals surface area contributed by atoms with E-state index >= 15 is 0 Å². The lowest BCUT2D eigenvalue weighted by atomic mass is 9.96.